The van der Waals surface area contributed by atoms with Crippen molar-refractivity contribution in [1.82, 2.24) is 25.2 Å². The van der Waals surface area contributed by atoms with Crippen molar-refractivity contribution in [2.45, 2.75) is 19.4 Å². The van der Waals surface area contributed by atoms with E-state index in [4.69, 9.17) is 16.4 Å². The van der Waals surface area contributed by atoms with E-state index in [1.807, 2.05) is 30.3 Å². The van der Waals surface area contributed by atoms with Gasteiger partial charge in [-0.2, -0.15) is 0 Å². The molecule has 0 radical (unpaired) electrons. The van der Waals surface area contributed by atoms with E-state index in [0.717, 1.165) is 12.0 Å². The molecule has 3 rings (SSSR count). The summed E-state index contributed by atoms with van der Waals surface area (Å²) in [5, 5.41) is 25.2. The van der Waals surface area contributed by atoms with Crippen LogP contribution in [0.4, 0.5) is 10.6 Å². The van der Waals surface area contributed by atoms with Gasteiger partial charge in [0, 0.05) is 25.0 Å². The van der Waals surface area contributed by atoms with Gasteiger partial charge in [0.1, 0.15) is 5.82 Å². The molecular formula is C20H22ClN7O3. The number of carboxylic acid groups (broad SMARTS) is 1. The maximum atomic E-state index is 11.6. The van der Waals surface area contributed by atoms with Crippen molar-refractivity contribution in [2.75, 3.05) is 17.3 Å². The number of amides is 1. The van der Waals surface area contributed by atoms with Gasteiger partial charge in [-0.25, -0.2) is 14.5 Å². The Morgan fingerprint density at radius 3 is 2.68 bits per heavy atom. The van der Waals surface area contributed by atoms with Crippen molar-refractivity contribution in [1.29, 1.82) is 0 Å². The highest BCUT2D eigenvalue weighted by molar-refractivity contribution is 6.17. The Bertz CT molecular complexity index is 1030. The van der Waals surface area contributed by atoms with Crippen LogP contribution in [0.25, 0.3) is 0 Å². The molecule has 10 nitrogen and oxygen atoms in total. The molecule has 1 aromatic carbocycles. The second kappa shape index (κ2) is 11.0. The van der Waals surface area contributed by atoms with Crippen LogP contribution in [0.15, 0.2) is 53.7 Å². The molecule has 0 saturated carbocycles. The van der Waals surface area contributed by atoms with Crippen LogP contribution in [0.3, 0.4) is 0 Å². The summed E-state index contributed by atoms with van der Waals surface area (Å²) < 4.78 is 1.50. The van der Waals surface area contributed by atoms with Gasteiger partial charge >= 0.3 is 6.09 Å². The van der Waals surface area contributed by atoms with Gasteiger partial charge in [0.25, 0.3) is 0 Å². The highest BCUT2D eigenvalue weighted by Crippen LogP contribution is 2.15. The third-order valence-corrected chi connectivity index (χ3v) is 4.58. The average molecular weight is 444 g/mol. The summed E-state index contributed by atoms with van der Waals surface area (Å²) in [5.74, 6) is 1.26. The number of unbranched alkanes of at least 4 members (excludes halogenated alkanes) is 1. The van der Waals surface area contributed by atoms with Gasteiger partial charge in [-0.05, 0) is 35.4 Å². The fourth-order valence-corrected chi connectivity index (χ4v) is 2.97. The van der Waals surface area contributed by atoms with Crippen LogP contribution < -0.4 is 4.90 Å². The number of tetrazole rings is 1. The molecule has 1 amide bonds. The third kappa shape index (κ3) is 5.98. The standard InChI is InChI=1S/C20H22ClN7O3/c1-27-19(23-25-26-27)18(15-8-3-2-4-9-15)24-31-14-16-10-7-11-17(22-16)28(20(29)30)13-6-5-12-21/h2-4,7-11H,5-6,12-14H2,1H3,(H,29,30)/b24-18-. The molecule has 0 saturated heterocycles. The molecule has 0 bridgehead atoms. The van der Waals surface area contributed by atoms with Crippen LogP contribution in [0, 0.1) is 0 Å². The number of hydrogen-bond donors (Lipinski definition) is 1. The summed E-state index contributed by atoms with van der Waals surface area (Å²) in [6.07, 6.45) is 0.302. The summed E-state index contributed by atoms with van der Waals surface area (Å²) in [6, 6.07) is 14.5. The average Bonchev–Trinajstić information content (AvgIpc) is 3.20. The Hall–Kier alpha value is -3.53. The molecule has 0 spiro atoms. The Morgan fingerprint density at radius 2 is 2.00 bits per heavy atom. The summed E-state index contributed by atoms with van der Waals surface area (Å²) >= 11 is 5.69. The molecule has 0 atom stereocenters. The predicted octanol–water partition coefficient (Wildman–Crippen LogP) is 3.08. The number of pyridine rings is 1. The summed E-state index contributed by atoms with van der Waals surface area (Å²) in [6.45, 7) is 0.361. The highest BCUT2D eigenvalue weighted by Gasteiger charge is 2.17. The highest BCUT2D eigenvalue weighted by atomic mass is 35.5. The molecule has 3 aromatic rings. The smallest absolute Gasteiger partial charge is 0.413 e. The number of hydrogen-bond acceptors (Lipinski definition) is 7. The van der Waals surface area contributed by atoms with Gasteiger partial charge in [-0.3, -0.25) is 4.90 Å². The number of alkyl halides is 1. The number of carbonyl (C=O) groups is 1. The van der Waals surface area contributed by atoms with E-state index in [-0.39, 0.29) is 6.61 Å². The minimum absolute atomic E-state index is 0.0462. The zero-order valence-corrected chi connectivity index (χ0v) is 17.7. The van der Waals surface area contributed by atoms with Crippen LogP contribution in [-0.4, -0.2) is 54.5 Å². The van der Waals surface area contributed by atoms with Gasteiger partial charge in [-0.1, -0.05) is 41.6 Å². The molecule has 2 aromatic heterocycles. The summed E-state index contributed by atoms with van der Waals surface area (Å²) in [4.78, 5) is 22.7. The predicted molar refractivity (Wildman–Crippen MR) is 115 cm³/mol. The van der Waals surface area contributed by atoms with E-state index in [1.165, 1.54) is 9.58 Å². The molecule has 31 heavy (non-hydrogen) atoms. The Labute approximate surface area is 184 Å². The second-order valence-electron chi connectivity index (χ2n) is 6.52. The quantitative estimate of drug-likeness (QED) is 0.221. The lowest BCUT2D eigenvalue weighted by atomic mass is 10.1. The molecule has 162 valence electrons. The number of anilines is 1. The number of rotatable bonds is 10. The Balaban J connectivity index is 1.76. The number of halogens is 1. The van der Waals surface area contributed by atoms with Gasteiger partial charge < -0.3 is 9.94 Å². The molecule has 0 aliphatic heterocycles. The molecule has 0 unspecified atom stereocenters. The van der Waals surface area contributed by atoms with Crippen molar-refractivity contribution >= 4 is 29.2 Å². The topological polar surface area (TPSA) is 119 Å². The maximum Gasteiger partial charge on any atom is 0.413 e. The lowest BCUT2D eigenvalue weighted by Crippen LogP contribution is -2.31. The van der Waals surface area contributed by atoms with E-state index in [1.54, 1.807) is 25.2 Å². The van der Waals surface area contributed by atoms with Crippen molar-refractivity contribution in [3.63, 3.8) is 0 Å². The van der Waals surface area contributed by atoms with Crippen molar-refractivity contribution in [3.05, 3.63) is 65.6 Å². The van der Waals surface area contributed by atoms with Crippen LogP contribution in [-0.2, 0) is 18.5 Å². The van der Waals surface area contributed by atoms with Crippen LogP contribution >= 0.6 is 11.6 Å². The van der Waals surface area contributed by atoms with Crippen LogP contribution in [0.5, 0.6) is 0 Å². The molecule has 0 fully saturated rings. The zero-order chi connectivity index (χ0) is 22.1. The minimum atomic E-state index is -1.07. The fraction of sp³-hybridized carbons (Fsp3) is 0.300. The zero-order valence-electron chi connectivity index (χ0n) is 16.9. The minimum Gasteiger partial charge on any atom is -0.465 e. The van der Waals surface area contributed by atoms with E-state index in [9.17, 15) is 9.90 Å². The summed E-state index contributed by atoms with van der Waals surface area (Å²) in [7, 11) is 1.71. The van der Waals surface area contributed by atoms with E-state index >= 15 is 0 Å². The van der Waals surface area contributed by atoms with Gasteiger partial charge in [-0.15, -0.1) is 16.7 Å². The first kappa shape index (κ1) is 22.2. The van der Waals surface area contributed by atoms with Gasteiger partial charge in [0.05, 0.1) is 5.69 Å². The SMILES string of the molecule is Cn1nnnc1/C(=N\OCc1cccc(N(CCCCCl)C(=O)O)n1)c1ccccc1. The number of oxime groups is 1. The number of nitrogens with zero attached hydrogens (tertiary/aromatic N) is 7. The van der Waals surface area contributed by atoms with Crippen molar-refractivity contribution in [2.24, 2.45) is 12.2 Å². The van der Waals surface area contributed by atoms with Crippen LogP contribution in [0.2, 0.25) is 0 Å². The second-order valence-corrected chi connectivity index (χ2v) is 6.90. The first-order valence-electron chi connectivity index (χ1n) is 9.60. The lowest BCUT2D eigenvalue weighted by Gasteiger charge is -2.18. The van der Waals surface area contributed by atoms with Crippen LogP contribution in [0.1, 0.15) is 29.9 Å². The van der Waals surface area contributed by atoms with Gasteiger partial charge in [0.2, 0.25) is 5.82 Å². The molecule has 2 heterocycles. The molecule has 0 aliphatic carbocycles. The van der Waals surface area contributed by atoms with E-state index in [2.05, 4.69) is 25.7 Å². The number of benzene rings is 1. The Morgan fingerprint density at radius 1 is 1.19 bits per heavy atom. The molecule has 11 heteroatoms. The van der Waals surface area contributed by atoms with E-state index in [0.29, 0.717) is 41.9 Å². The first-order chi connectivity index (χ1) is 15.1. The maximum absolute atomic E-state index is 11.6. The summed E-state index contributed by atoms with van der Waals surface area (Å²) in [5.41, 5.74) is 1.80. The monoisotopic (exact) mass is 443 g/mol. The number of aryl methyl sites for hydroxylation is 1. The molecule has 1 N–H and O–H groups in total. The lowest BCUT2D eigenvalue weighted by molar-refractivity contribution is 0.128. The van der Waals surface area contributed by atoms with Crippen molar-refractivity contribution in [3.8, 4) is 0 Å². The normalized spacial score (nSPS) is 11.4. The molecule has 0 aliphatic rings. The van der Waals surface area contributed by atoms with Gasteiger partial charge in [0.15, 0.2) is 12.3 Å². The first-order valence-corrected chi connectivity index (χ1v) is 10.1. The third-order valence-electron chi connectivity index (χ3n) is 4.31. The fourth-order valence-electron chi connectivity index (χ4n) is 2.78. The van der Waals surface area contributed by atoms with Crippen molar-refractivity contribution < 1.29 is 14.7 Å². The number of aromatic nitrogens is 5. The Kier molecular flexibility index (Phi) is 7.88. The van der Waals surface area contributed by atoms with E-state index < -0.39 is 6.09 Å². The largest absolute Gasteiger partial charge is 0.465 e. The molecular weight excluding hydrogens is 422 g/mol.